The van der Waals surface area contributed by atoms with Gasteiger partial charge in [-0.25, -0.2) is 0 Å². The predicted octanol–water partition coefficient (Wildman–Crippen LogP) is -1.07. The van der Waals surface area contributed by atoms with E-state index < -0.39 is 39.2 Å². The number of hydrogen-bond acceptors (Lipinski definition) is 8. The molecule has 0 spiro atoms. The lowest BCUT2D eigenvalue weighted by Crippen LogP contribution is -2.44. The average Bonchev–Trinajstić information content (AvgIpc) is 2.16. The van der Waals surface area contributed by atoms with Crippen molar-refractivity contribution in [2.45, 2.75) is 5.79 Å². The minimum atomic E-state index is -3.70. The van der Waals surface area contributed by atoms with Crippen molar-refractivity contribution in [2.75, 3.05) is 39.9 Å². The van der Waals surface area contributed by atoms with Crippen LogP contribution in [-0.4, -0.2) is 62.6 Å². The summed E-state index contributed by atoms with van der Waals surface area (Å²) in [7, 11) is -4.97. The average molecular weight is 292 g/mol. The largest absolute Gasteiger partial charge is 0.349 e. The zero-order chi connectivity index (χ0) is 13.7. The van der Waals surface area contributed by atoms with Gasteiger partial charge in [0.2, 0.25) is 5.79 Å². The zero-order valence-corrected chi connectivity index (χ0v) is 11.6. The van der Waals surface area contributed by atoms with E-state index in [-0.39, 0.29) is 0 Å². The highest BCUT2D eigenvalue weighted by molar-refractivity contribution is 7.86. The van der Waals surface area contributed by atoms with Gasteiger partial charge < -0.3 is 9.47 Å². The molecule has 0 rings (SSSR count). The minimum Gasteiger partial charge on any atom is -0.349 e. The molecule has 17 heavy (non-hydrogen) atoms. The van der Waals surface area contributed by atoms with Crippen LogP contribution in [0.15, 0.2) is 0 Å². The molecule has 0 N–H and O–H groups in total. The molecule has 0 aliphatic rings. The SMILES string of the molecule is COC(COS(C)(=O)=O)(COS(C)(=O)=O)OC. The van der Waals surface area contributed by atoms with Crippen molar-refractivity contribution in [3.8, 4) is 0 Å². The third-order valence-electron chi connectivity index (χ3n) is 1.73. The van der Waals surface area contributed by atoms with Crippen LogP contribution >= 0.6 is 0 Å². The maximum atomic E-state index is 10.8. The normalized spacial score (nSPS) is 13.9. The van der Waals surface area contributed by atoms with Crippen molar-refractivity contribution in [1.29, 1.82) is 0 Å². The number of rotatable bonds is 8. The highest BCUT2D eigenvalue weighted by Gasteiger charge is 2.34. The fourth-order valence-electron chi connectivity index (χ4n) is 0.754. The second kappa shape index (κ2) is 6.07. The molecule has 0 aromatic rings. The summed E-state index contributed by atoms with van der Waals surface area (Å²) in [6.07, 6.45) is 1.70. The minimum absolute atomic E-state index is 0.519. The van der Waals surface area contributed by atoms with E-state index in [0.717, 1.165) is 12.5 Å². The Morgan fingerprint density at radius 1 is 0.824 bits per heavy atom. The van der Waals surface area contributed by atoms with Crippen molar-refractivity contribution in [2.24, 2.45) is 0 Å². The van der Waals surface area contributed by atoms with Crippen LogP contribution in [0.5, 0.6) is 0 Å². The molecule has 0 saturated heterocycles. The van der Waals surface area contributed by atoms with Crippen molar-refractivity contribution in [3.05, 3.63) is 0 Å². The van der Waals surface area contributed by atoms with Crippen molar-refractivity contribution < 1.29 is 34.7 Å². The van der Waals surface area contributed by atoms with Crippen molar-refractivity contribution >= 4 is 20.2 Å². The molecular formula is C7H16O8S2. The molecule has 0 aromatic heterocycles. The second-order valence-corrected chi connectivity index (χ2v) is 6.54. The van der Waals surface area contributed by atoms with Gasteiger partial charge in [-0.15, -0.1) is 0 Å². The quantitative estimate of drug-likeness (QED) is 0.411. The summed E-state index contributed by atoms with van der Waals surface area (Å²) < 4.78 is 62.0. The maximum absolute atomic E-state index is 10.8. The van der Waals surface area contributed by atoms with E-state index in [1.165, 1.54) is 14.2 Å². The smallest absolute Gasteiger partial charge is 0.264 e. The van der Waals surface area contributed by atoms with Gasteiger partial charge in [0.15, 0.2) is 0 Å². The van der Waals surface area contributed by atoms with Crippen LogP contribution in [0, 0.1) is 0 Å². The van der Waals surface area contributed by atoms with Gasteiger partial charge in [-0.2, -0.15) is 16.8 Å². The summed E-state index contributed by atoms with van der Waals surface area (Å²) in [5.74, 6) is -1.61. The molecule has 0 unspecified atom stereocenters. The van der Waals surface area contributed by atoms with Gasteiger partial charge in [0.25, 0.3) is 20.2 Å². The topological polar surface area (TPSA) is 105 Å². The van der Waals surface area contributed by atoms with Crippen molar-refractivity contribution in [1.82, 2.24) is 0 Å². The van der Waals surface area contributed by atoms with Gasteiger partial charge in [0.05, 0.1) is 12.5 Å². The number of hydrogen-bond donors (Lipinski definition) is 0. The highest BCUT2D eigenvalue weighted by atomic mass is 32.2. The highest BCUT2D eigenvalue weighted by Crippen LogP contribution is 2.14. The first-order valence-electron chi connectivity index (χ1n) is 4.33. The van der Waals surface area contributed by atoms with Crippen LogP contribution in [0.3, 0.4) is 0 Å². The zero-order valence-electron chi connectivity index (χ0n) is 10.00. The van der Waals surface area contributed by atoms with Crippen LogP contribution in [0.2, 0.25) is 0 Å². The van der Waals surface area contributed by atoms with Crippen LogP contribution in [0.25, 0.3) is 0 Å². The Morgan fingerprint density at radius 2 is 1.12 bits per heavy atom. The summed E-state index contributed by atoms with van der Waals surface area (Å²) >= 11 is 0. The Hall–Kier alpha value is -0.260. The van der Waals surface area contributed by atoms with E-state index in [4.69, 9.17) is 9.47 Å². The first kappa shape index (κ1) is 16.7. The third kappa shape index (κ3) is 7.63. The summed E-state index contributed by atoms with van der Waals surface area (Å²) in [4.78, 5) is 0. The Labute approximate surface area is 101 Å². The predicted molar refractivity (Wildman–Crippen MR) is 58.3 cm³/mol. The van der Waals surface area contributed by atoms with Gasteiger partial charge in [0, 0.05) is 14.2 Å². The molecule has 0 amide bonds. The molecule has 10 heteroatoms. The molecule has 0 bridgehead atoms. The Kier molecular flexibility index (Phi) is 5.98. The van der Waals surface area contributed by atoms with E-state index in [1.54, 1.807) is 0 Å². The molecule has 0 saturated carbocycles. The molecule has 0 heterocycles. The summed E-state index contributed by atoms with van der Waals surface area (Å²) in [5, 5.41) is 0. The molecule has 0 aliphatic heterocycles. The van der Waals surface area contributed by atoms with Gasteiger partial charge in [0.1, 0.15) is 13.2 Å². The van der Waals surface area contributed by atoms with Crippen LogP contribution in [0.4, 0.5) is 0 Å². The summed E-state index contributed by atoms with van der Waals surface area (Å²) in [6.45, 7) is -1.04. The van der Waals surface area contributed by atoms with Gasteiger partial charge >= 0.3 is 0 Å². The van der Waals surface area contributed by atoms with E-state index in [2.05, 4.69) is 8.37 Å². The third-order valence-corrected chi connectivity index (χ3v) is 2.82. The Morgan fingerprint density at radius 3 is 1.29 bits per heavy atom. The van der Waals surface area contributed by atoms with Gasteiger partial charge in [-0.05, 0) is 0 Å². The molecule has 0 radical (unpaired) electrons. The molecular weight excluding hydrogens is 276 g/mol. The lowest BCUT2D eigenvalue weighted by molar-refractivity contribution is -0.235. The summed E-state index contributed by atoms with van der Waals surface area (Å²) in [6, 6.07) is 0. The lowest BCUT2D eigenvalue weighted by Gasteiger charge is -2.28. The van der Waals surface area contributed by atoms with Crippen molar-refractivity contribution in [3.63, 3.8) is 0 Å². The second-order valence-electron chi connectivity index (χ2n) is 3.25. The molecule has 0 atom stereocenters. The van der Waals surface area contributed by atoms with Gasteiger partial charge in [-0.1, -0.05) is 0 Å². The van der Waals surface area contributed by atoms with Crippen LogP contribution in [0.1, 0.15) is 0 Å². The lowest BCUT2D eigenvalue weighted by atomic mass is 10.3. The van der Waals surface area contributed by atoms with E-state index in [9.17, 15) is 16.8 Å². The fourth-order valence-corrected chi connectivity index (χ4v) is 1.54. The van der Waals surface area contributed by atoms with Crippen LogP contribution in [-0.2, 0) is 38.1 Å². The fraction of sp³-hybridized carbons (Fsp3) is 1.00. The van der Waals surface area contributed by atoms with Crippen LogP contribution < -0.4 is 0 Å². The number of ether oxygens (including phenoxy) is 2. The molecule has 8 nitrogen and oxygen atoms in total. The molecule has 0 aliphatic carbocycles. The Balaban J connectivity index is 4.67. The maximum Gasteiger partial charge on any atom is 0.264 e. The van der Waals surface area contributed by atoms with Gasteiger partial charge in [-0.3, -0.25) is 8.37 Å². The monoisotopic (exact) mass is 292 g/mol. The molecule has 0 fully saturated rings. The molecule has 104 valence electrons. The van der Waals surface area contributed by atoms with E-state index in [0.29, 0.717) is 0 Å². The first-order valence-corrected chi connectivity index (χ1v) is 7.96. The molecule has 0 aromatic carbocycles. The standard InChI is InChI=1S/C7H16O8S2/c1-12-7(13-2,5-14-16(3,8)9)6-15-17(4,10)11/h5-6H2,1-4H3. The summed E-state index contributed by atoms with van der Waals surface area (Å²) in [5.41, 5.74) is 0. The number of methoxy groups -OCH3 is 2. The first-order chi connectivity index (χ1) is 7.54. The van der Waals surface area contributed by atoms with E-state index in [1.807, 2.05) is 0 Å². The van der Waals surface area contributed by atoms with E-state index >= 15 is 0 Å². The Bertz CT molecular complexity index is 381.